The zero-order chi connectivity index (χ0) is 18.8. The van der Waals surface area contributed by atoms with Gasteiger partial charge < -0.3 is 23.5 Å². The van der Waals surface area contributed by atoms with Gasteiger partial charge in [0.1, 0.15) is 31.0 Å². The van der Waals surface area contributed by atoms with Crippen LogP contribution in [0.1, 0.15) is 5.56 Å². The Labute approximate surface area is 156 Å². The average molecular weight is 368 g/mol. The summed E-state index contributed by atoms with van der Waals surface area (Å²) in [6, 6.07) is 14.8. The second-order valence-corrected chi connectivity index (χ2v) is 6.79. The maximum atomic E-state index is 12.0. The van der Waals surface area contributed by atoms with Crippen LogP contribution in [0.15, 0.2) is 57.7 Å². The molecule has 0 spiro atoms. The molecule has 27 heavy (non-hydrogen) atoms. The van der Waals surface area contributed by atoms with Gasteiger partial charge in [-0.15, -0.1) is 0 Å². The van der Waals surface area contributed by atoms with Crippen LogP contribution in [0.25, 0.3) is 11.0 Å². The number of methoxy groups -OCH3 is 1. The zero-order valence-electron chi connectivity index (χ0n) is 15.4. The molecule has 0 bridgehead atoms. The topological polar surface area (TPSA) is 62.3 Å². The Morgan fingerprint density at radius 3 is 2.78 bits per heavy atom. The molecule has 0 fully saturated rings. The van der Waals surface area contributed by atoms with E-state index in [9.17, 15) is 4.79 Å². The summed E-state index contributed by atoms with van der Waals surface area (Å²) in [5.41, 5.74) is 1.12. The summed E-state index contributed by atoms with van der Waals surface area (Å²) in [6.07, 6.45) is -0.0358. The van der Waals surface area contributed by atoms with E-state index in [2.05, 4.69) is 7.05 Å². The lowest BCUT2D eigenvalue weighted by Gasteiger charge is -2.28. The van der Waals surface area contributed by atoms with E-state index in [0.29, 0.717) is 24.5 Å². The molecule has 2 aromatic carbocycles. The lowest BCUT2D eigenvalue weighted by molar-refractivity contribution is -0.896. The van der Waals surface area contributed by atoms with Crippen LogP contribution in [-0.2, 0) is 6.54 Å². The summed E-state index contributed by atoms with van der Waals surface area (Å²) >= 11 is 0. The summed E-state index contributed by atoms with van der Waals surface area (Å²) in [5, 5.41) is 0.918. The van der Waals surface area contributed by atoms with E-state index in [1.807, 2.05) is 36.4 Å². The predicted molar refractivity (Wildman–Crippen MR) is 101 cm³/mol. The van der Waals surface area contributed by atoms with Crippen LogP contribution in [0.2, 0.25) is 0 Å². The molecule has 6 heteroatoms. The number of fused-ring (bicyclic) bond motifs is 2. The number of quaternary nitrogens is 1. The molecule has 0 saturated heterocycles. The number of ether oxygens (including phenoxy) is 3. The van der Waals surface area contributed by atoms with Gasteiger partial charge in [0.25, 0.3) is 0 Å². The molecule has 0 amide bonds. The van der Waals surface area contributed by atoms with Gasteiger partial charge >= 0.3 is 5.63 Å². The van der Waals surface area contributed by atoms with Gasteiger partial charge in [-0.25, -0.2) is 4.79 Å². The molecule has 6 nitrogen and oxygen atoms in total. The van der Waals surface area contributed by atoms with Gasteiger partial charge in [-0.2, -0.15) is 0 Å². The Hall–Kier alpha value is -2.99. The minimum atomic E-state index is -0.357. The normalized spacial score (nSPS) is 16.9. The van der Waals surface area contributed by atoms with E-state index in [4.69, 9.17) is 18.6 Å². The molecule has 1 N–H and O–H groups in total. The highest BCUT2D eigenvalue weighted by Crippen LogP contribution is 2.30. The van der Waals surface area contributed by atoms with Crippen molar-refractivity contribution in [2.24, 2.45) is 0 Å². The van der Waals surface area contributed by atoms with Crippen LogP contribution < -0.4 is 24.7 Å². The van der Waals surface area contributed by atoms with Crippen molar-refractivity contribution >= 4 is 11.0 Å². The van der Waals surface area contributed by atoms with E-state index >= 15 is 0 Å². The Morgan fingerprint density at radius 2 is 1.96 bits per heavy atom. The molecule has 0 aliphatic carbocycles. The van der Waals surface area contributed by atoms with Crippen LogP contribution in [0, 0.1) is 0 Å². The number of nitrogens with one attached hydrogen (secondary N) is 1. The van der Waals surface area contributed by atoms with Crippen molar-refractivity contribution in [1.82, 2.24) is 0 Å². The van der Waals surface area contributed by atoms with Gasteiger partial charge in [0.05, 0.1) is 14.2 Å². The number of rotatable bonds is 5. The minimum Gasteiger partial charge on any atom is -0.497 e. The van der Waals surface area contributed by atoms with Gasteiger partial charge in [-0.1, -0.05) is 12.1 Å². The molecule has 2 heterocycles. The fraction of sp³-hybridized carbons (Fsp3) is 0.286. The maximum Gasteiger partial charge on any atom is 0.336 e. The molecule has 1 unspecified atom stereocenters. The molecule has 1 aliphatic heterocycles. The van der Waals surface area contributed by atoms with E-state index < -0.39 is 0 Å². The van der Waals surface area contributed by atoms with Crippen molar-refractivity contribution in [3.8, 4) is 17.2 Å². The lowest BCUT2D eigenvalue weighted by Crippen LogP contribution is -3.09. The molecule has 4 rings (SSSR count). The third-order valence-electron chi connectivity index (χ3n) is 4.67. The Balaban J connectivity index is 1.50. The summed E-state index contributed by atoms with van der Waals surface area (Å²) in [7, 11) is 3.67. The van der Waals surface area contributed by atoms with Crippen LogP contribution in [0.4, 0.5) is 0 Å². The summed E-state index contributed by atoms with van der Waals surface area (Å²) in [6.45, 7) is 1.95. The molecule has 0 saturated carbocycles. The summed E-state index contributed by atoms with van der Waals surface area (Å²) < 4.78 is 22.4. The standard InChI is InChI=1S/C21H21NO5/c1-22(12-16-13-25-18-5-3-4-6-19(18)26-16)11-14-9-21(23)27-20-10-15(24-2)7-8-17(14)20/h3-10,16H,11-13H2,1-2H3/p+1/t16-/m1/s1. The maximum absolute atomic E-state index is 12.0. The molecule has 1 aliphatic rings. The number of likely N-dealkylation sites (N-methyl/N-ethyl adjacent to an activating group) is 1. The van der Waals surface area contributed by atoms with Crippen molar-refractivity contribution in [2.45, 2.75) is 12.6 Å². The Bertz CT molecular complexity index is 1010. The number of para-hydroxylation sites is 2. The first-order chi connectivity index (χ1) is 13.1. The van der Waals surface area contributed by atoms with Gasteiger partial charge in [-0.3, -0.25) is 0 Å². The van der Waals surface area contributed by atoms with E-state index in [1.165, 1.54) is 4.90 Å². The second-order valence-electron chi connectivity index (χ2n) is 6.79. The first-order valence-corrected chi connectivity index (χ1v) is 8.93. The first kappa shape index (κ1) is 17.4. The largest absolute Gasteiger partial charge is 0.497 e. The van der Waals surface area contributed by atoms with Gasteiger partial charge in [-0.05, 0) is 24.3 Å². The molecular weight excluding hydrogens is 346 g/mol. The molecular formula is C21H22NO5+. The second kappa shape index (κ2) is 7.32. The first-order valence-electron chi connectivity index (χ1n) is 8.93. The van der Waals surface area contributed by atoms with Crippen LogP contribution in [-0.4, -0.2) is 33.4 Å². The highest BCUT2D eigenvalue weighted by atomic mass is 16.6. The predicted octanol–water partition coefficient (Wildman–Crippen LogP) is 1.66. The SMILES string of the molecule is COc1ccc2c(C[NH+](C)C[C@@H]3COc4ccccc4O3)cc(=O)oc2c1. The smallest absolute Gasteiger partial charge is 0.336 e. The van der Waals surface area contributed by atoms with Crippen molar-refractivity contribution < 1.29 is 23.5 Å². The van der Waals surface area contributed by atoms with Gasteiger partial charge in [0, 0.05) is 23.1 Å². The van der Waals surface area contributed by atoms with Crippen LogP contribution in [0.5, 0.6) is 17.2 Å². The summed E-state index contributed by atoms with van der Waals surface area (Å²) in [5.74, 6) is 2.22. The van der Waals surface area contributed by atoms with Gasteiger partial charge in [0.15, 0.2) is 17.6 Å². The molecule has 3 aromatic rings. The fourth-order valence-corrected chi connectivity index (χ4v) is 3.43. The Kier molecular flexibility index (Phi) is 4.73. The van der Waals surface area contributed by atoms with Crippen molar-refractivity contribution in [3.63, 3.8) is 0 Å². The fourth-order valence-electron chi connectivity index (χ4n) is 3.43. The molecule has 0 radical (unpaired) electrons. The average Bonchev–Trinajstić information content (AvgIpc) is 2.67. The van der Waals surface area contributed by atoms with E-state index in [1.54, 1.807) is 19.2 Å². The third-order valence-corrected chi connectivity index (χ3v) is 4.67. The molecule has 140 valence electrons. The van der Waals surface area contributed by atoms with Crippen molar-refractivity contribution in [3.05, 3.63) is 64.5 Å². The van der Waals surface area contributed by atoms with Crippen LogP contribution in [0.3, 0.4) is 0 Å². The zero-order valence-corrected chi connectivity index (χ0v) is 15.4. The van der Waals surface area contributed by atoms with E-state index in [0.717, 1.165) is 29.0 Å². The van der Waals surface area contributed by atoms with E-state index in [-0.39, 0.29) is 11.7 Å². The van der Waals surface area contributed by atoms with Crippen LogP contribution >= 0.6 is 0 Å². The number of hydrogen-bond donors (Lipinski definition) is 1. The lowest BCUT2D eigenvalue weighted by atomic mass is 10.1. The van der Waals surface area contributed by atoms with Gasteiger partial charge in [0.2, 0.25) is 0 Å². The van der Waals surface area contributed by atoms with Crippen molar-refractivity contribution in [1.29, 1.82) is 0 Å². The quantitative estimate of drug-likeness (QED) is 0.694. The number of benzene rings is 2. The number of hydrogen-bond acceptors (Lipinski definition) is 5. The monoisotopic (exact) mass is 368 g/mol. The molecule has 2 atom stereocenters. The highest BCUT2D eigenvalue weighted by Gasteiger charge is 2.24. The molecule has 1 aromatic heterocycles. The third kappa shape index (κ3) is 3.75. The summed E-state index contributed by atoms with van der Waals surface area (Å²) in [4.78, 5) is 13.2. The highest BCUT2D eigenvalue weighted by molar-refractivity contribution is 5.81. The van der Waals surface area contributed by atoms with Crippen molar-refractivity contribution in [2.75, 3.05) is 27.3 Å². The minimum absolute atomic E-state index is 0.0358. The Morgan fingerprint density at radius 1 is 1.15 bits per heavy atom.